The van der Waals surface area contributed by atoms with Crippen LogP contribution >= 0.6 is 11.8 Å². The van der Waals surface area contributed by atoms with Crippen molar-refractivity contribution in [2.24, 2.45) is 0 Å². The summed E-state index contributed by atoms with van der Waals surface area (Å²) in [7, 11) is 0. The molecule has 0 saturated heterocycles. The molecule has 3 nitrogen and oxygen atoms in total. The Morgan fingerprint density at radius 1 is 0.720 bits per heavy atom. The minimum Gasteiger partial charge on any atom is -0.478 e. The van der Waals surface area contributed by atoms with Crippen molar-refractivity contribution < 1.29 is 14.7 Å². The van der Waals surface area contributed by atoms with E-state index in [-0.39, 0.29) is 10.7 Å². The summed E-state index contributed by atoms with van der Waals surface area (Å²) in [5, 5.41) is 9.22. The molecule has 0 bridgehead atoms. The zero-order chi connectivity index (χ0) is 17.6. The normalized spacial score (nSPS) is 10.6. The molecule has 1 N–H and O–H groups in total. The van der Waals surface area contributed by atoms with E-state index in [1.54, 1.807) is 18.2 Å². The van der Waals surface area contributed by atoms with E-state index in [0.29, 0.717) is 4.90 Å². The highest BCUT2D eigenvalue weighted by atomic mass is 32.2. The van der Waals surface area contributed by atoms with E-state index in [9.17, 15) is 14.7 Å². The maximum absolute atomic E-state index is 13.1. The van der Waals surface area contributed by atoms with Crippen LogP contribution in [-0.4, -0.2) is 16.2 Å². The topological polar surface area (TPSA) is 54.4 Å². The average molecular weight is 348 g/mol. The zero-order valence-electron chi connectivity index (χ0n) is 13.3. The second kappa shape index (κ2) is 7.81. The third-order valence-electron chi connectivity index (χ3n) is 3.83. The molecule has 0 radical (unpaired) electrons. The number of carbonyl (C=O) groups is 2. The van der Waals surface area contributed by atoms with Crippen LogP contribution in [0.4, 0.5) is 0 Å². The second-order valence-electron chi connectivity index (χ2n) is 5.48. The summed E-state index contributed by atoms with van der Waals surface area (Å²) in [4.78, 5) is 24.9. The molecule has 3 aromatic rings. The third kappa shape index (κ3) is 3.98. The minimum atomic E-state index is -1.04. The molecule has 0 heterocycles. The summed E-state index contributed by atoms with van der Waals surface area (Å²) >= 11 is 0.977. The molecule has 0 saturated carbocycles. The molecular formula is C21H16O3S. The van der Waals surface area contributed by atoms with Crippen LogP contribution in [0.25, 0.3) is 0 Å². The molecule has 0 atom stereocenters. The molecule has 4 heteroatoms. The molecular weight excluding hydrogens is 332 g/mol. The van der Waals surface area contributed by atoms with Crippen molar-refractivity contribution >= 4 is 22.8 Å². The van der Waals surface area contributed by atoms with Crippen molar-refractivity contribution in [3.05, 3.63) is 102 Å². The second-order valence-corrected chi connectivity index (χ2v) is 6.52. The van der Waals surface area contributed by atoms with Gasteiger partial charge in [-0.1, -0.05) is 84.6 Å². The number of hydrogen-bond acceptors (Lipinski definition) is 3. The van der Waals surface area contributed by atoms with Gasteiger partial charge in [-0.3, -0.25) is 4.79 Å². The van der Waals surface area contributed by atoms with Crippen molar-refractivity contribution in [3.8, 4) is 0 Å². The van der Waals surface area contributed by atoms with Gasteiger partial charge in [-0.25, -0.2) is 4.79 Å². The number of hydrogen-bond donors (Lipinski definition) is 1. The predicted molar refractivity (Wildman–Crippen MR) is 99.0 cm³/mol. The molecule has 0 aliphatic carbocycles. The molecule has 0 amide bonds. The van der Waals surface area contributed by atoms with Gasteiger partial charge in [0.2, 0.25) is 5.12 Å². The average Bonchev–Trinajstić information content (AvgIpc) is 2.64. The summed E-state index contributed by atoms with van der Waals surface area (Å²) in [6.45, 7) is 0. The highest BCUT2D eigenvalue weighted by molar-refractivity contribution is 8.13. The van der Waals surface area contributed by atoms with Crippen molar-refractivity contribution in [3.63, 3.8) is 0 Å². The first kappa shape index (κ1) is 17.0. The lowest BCUT2D eigenvalue weighted by molar-refractivity contribution is -0.111. The monoisotopic (exact) mass is 348 g/mol. The number of carboxylic acids is 1. The van der Waals surface area contributed by atoms with Gasteiger partial charge in [-0.05, 0) is 23.3 Å². The molecule has 25 heavy (non-hydrogen) atoms. The van der Waals surface area contributed by atoms with E-state index in [1.807, 2.05) is 60.7 Å². The Balaban J connectivity index is 1.98. The fraction of sp³-hybridized carbons (Fsp3) is 0.0476. The Hall–Kier alpha value is -2.85. The Labute approximate surface area is 150 Å². The van der Waals surface area contributed by atoms with Gasteiger partial charge in [0, 0.05) is 4.90 Å². The van der Waals surface area contributed by atoms with Crippen LogP contribution in [0.1, 0.15) is 27.4 Å². The van der Waals surface area contributed by atoms with Crippen LogP contribution in [0, 0.1) is 0 Å². The first-order valence-corrected chi connectivity index (χ1v) is 8.62. The number of rotatable bonds is 5. The lowest BCUT2D eigenvalue weighted by Crippen LogP contribution is -2.11. The van der Waals surface area contributed by atoms with Gasteiger partial charge < -0.3 is 5.11 Å². The van der Waals surface area contributed by atoms with E-state index in [0.717, 1.165) is 22.9 Å². The first-order valence-electron chi connectivity index (χ1n) is 7.80. The van der Waals surface area contributed by atoms with Crippen molar-refractivity contribution in [2.45, 2.75) is 10.8 Å². The summed E-state index contributed by atoms with van der Waals surface area (Å²) < 4.78 is 0. The van der Waals surface area contributed by atoms with Crippen LogP contribution in [0.2, 0.25) is 0 Å². The first-order chi connectivity index (χ1) is 12.2. The van der Waals surface area contributed by atoms with Crippen LogP contribution in [-0.2, 0) is 4.79 Å². The Kier molecular flexibility index (Phi) is 5.31. The van der Waals surface area contributed by atoms with Gasteiger partial charge in [-0.2, -0.15) is 0 Å². The summed E-state index contributed by atoms with van der Waals surface area (Å²) in [6, 6.07) is 25.6. The maximum atomic E-state index is 13.1. The Morgan fingerprint density at radius 2 is 1.20 bits per heavy atom. The van der Waals surface area contributed by atoms with E-state index in [1.165, 1.54) is 6.07 Å². The van der Waals surface area contributed by atoms with Gasteiger partial charge in [0.05, 0.1) is 11.5 Å². The van der Waals surface area contributed by atoms with E-state index in [4.69, 9.17) is 0 Å². The molecule has 0 aliphatic heterocycles. The number of carboxylic acid groups (broad SMARTS) is 1. The van der Waals surface area contributed by atoms with Crippen LogP contribution in [0.15, 0.2) is 89.8 Å². The van der Waals surface area contributed by atoms with E-state index in [2.05, 4.69) is 0 Å². The predicted octanol–water partition coefficient (Wildman–Crippen LogP) is 4.84. The fourth-order valence-electron chi connectivity index (χ4n) is 2.66. The van der Waals surface area contributed by atoms with Crippen molar-refractivity contribution in [1.29, 1.82) is 0 Å². The SMILES string of the molecule is O=C(O)c1ccccc1SC(=O)C(c1ccccc1)c1ccccc1. The van der Waals surface area contributed by atoms with Crippen LogP contribution in [0.5, 0.6) is 0 Å². The molecule has 0 fully saturated rings. The zero-order valence-corrected chi connectivity index (χ0v) is 14.1. The number of carbonyl (C=O) groups excluding carboxylic acids is 1. The lowest BCUT2D eigenvalue weighted by Gasteiger charge is -2.17. The highest BCUT2D eigenvalue weighted by Gasteiger charge is 2.25. The Bertz CT molecular complexity index is 836. The number of benzene rings is 3. The molecule has 0 unspecified atom stereocenters. The summed E-state index contributed by atoms with van der Waals surface area (Å²) in [6.07, 6.45) is 0. The van der Waals surface area contributed by atoms with Gasteiger partial charge in [0.25, 0.3) is 0 Å². The van der Waals surface area contributed by atoms with Gasteiger partial charge in [0.15, 0.2) is 0 Å². The lowest BCUT2D eigenvalue weighted by atomic mass is 9.92. The van der Waals surface area contributed by atoms with E-state index < -0.39 is 11.9 Å². The maximum Gasteiger partial charge on any atom is 0.336 e. The largest absolute Gasteiger partial charge is 0.478 e. The molecule has 0 aliphatic rings. The smallest absolute Gasteiger partial charge is 0.336 e. The number of aromatic carboxylic acids is 1. The van der Waals surface area contributed by atoms with Gasteiger partial charge in [0.1, 0.15) is 0 Å². The van der Waals surface area contributed by atoms with E-state index >= 15 is 0 Å². The summed E-state index contributed by atoms with van der Waals surface area (Å²) in [5.41, 5.74) is 1.92. The van der Waals surface area contributed by atoms with Gasteiger partial charge in [-0.15, -0.1) is 0 Å². The molecule has 3 aromatic carbocycles. The van der Waals surface area contributed by atoms with Crippen molar-refractivity contribution in [2.75, 3.05) is 0 Å². The molecule has 3 rings (SSSR count). The fourth-order valence-corrected chi connectivity index (χ4v) is 3.67. The quantitative estimate of drug-likeness (QED) is 0.671. The van der Waals surface area contributed by atoms with Gasteiger partial charge >= 0.3 is 5.97 Å². The minimum absolute atomic E-state index is 0.105. The summed E-state index contributed by atoms with van der Waals surface area (Å²) in [5.74, 6) is -1.49. The highest BCUT2D eigenvalue weighted by Crippen LogP contribution is 2.34. The van der Waals surface area contributed by atoms with Crippen LogP contribution < -0.4 is 0 Å². The van der Waals surface area contributed by atoms with Crippen molar-refractivity contribution in [1.82, 2.24) is 0 Å². The molecule has 0 spiro atoms. The molecule has 0 aromatic heterocycles. The number of thioether (sulfide) groups is 1. The van der Waals surface area contributed by atoms with Crippen LogP contribution in [0.3, 0.4) is 0 Å². The Morgan fingerprint density at radius 3 is 1.72 bits per heavy atom. The standard InChI is InChI=1S/C21H16O3S/c22-20(23)17-13-7-8-14-18(17)25-21(24)19(15-9-3-1-4-10-15)16-11-5-2-6-12-16/h1-14,19H,(H,22,23). The molecule has 124 valence electrons. The third-order valence-corrected chi connectivity index (χ3v) is 4.84.